The Morgan fingerprint density at radius 3 is 2.71 bits per heavy atom. The van der Waals surface area contributed by atoms with Crippen LogP contribution in [0.5, 0.6) is 5.75 Å². The van der Waals surface area contributed by atoms with E-state index < -0.39 is 0 Å². The molecular formula is C23H22N6O2. The minimum absolute atomic E-state index is 0.225. The zero-order valence-corrected chi connectivity index (χ0v) is 18.0. The standard InChI is InChI=1S/C23H22N6O2/c1-14(13-27(2)3)17-9-18-19(10-21(17)31-5)26-12-20-22(18)29(23(30)28(20)4)16-6-7-25-15(8-16)11-24/h6-10,12-13H,1-5H3/b14-13+. The topological polar surface area (TPSA) is 89.0 Å². The fraction of sp³-hybridized carbons (Fsp3) is 0.217. The van der Waals surface area contributed by atoms with Gasteiger partial charge in [-0.1, -0.05) is 0 Å². The number of aryl methyl sites for hydroxylation is 1. The average Bonchev–Trinajstić information content (AvgIpc) is 3.02. The van der Waals surface area contributed by atoms with Gasteiger partial charge in [-0.15, -0.1) is 0 Å². The van der Waals surface area contributed by atoms with Crippen LogP contribution < -0.4 is 10.4 Å². The lowest BCUT2D eigenvalue weighted by Crippen LogP contribution is -2.21. The summed E-state index contributed by atoms with van der Waals surface area (Å²) < 4.78 is 8.78. The van der Waals surface area contributed by atoms with Crippen molar-refractivity contribution in [2.45, 2.75) is 6.92 Å². The van der Waals surface area contributed by atoms with Gasteiger partial charge >= 0.3 is 5.69 Å². The van der Waals surface area contributed by atoms with Gasteiger partial charge in [0.15, 0.2) is 0 Å². The Hall–Kier alpha value is -4.12. The highest BCUT2D eigenvalue weighted by Gasteiger charge is 2.19. The Morgan fingerprint density at radius 1 is 1.26 bits per heavy atom. The number of nitrogens with zero attached hydrogens (tertiary/aromatic N) is 6. The van der Waals surface area contributed by atoms with Crippen molar-refractivity contribution in [3.05, 3.63) is 64.6 Å². The van der Waals surface area contributed by atoms with Crippen molar-refractivity contribution in [1.29, 1.82) is 5.26 Å². The van der Waals surface area contributed by atoms with Crippen molar-refractivity contribution < 1.29 is 4.74 Å². The van der Waals surface area contributed by atoms with Crippen molar-refractivity contribution >= 4 is 27.5 Å². The molecule has 8 nitrogen and oxygen atoms in total. The normalized spacial score (nSPS) is 11.7. The molecule has 3 aromatic heterocycles. The molecule has 156 valence electrons. The SMILES string of the molecule is COc1cc2ncc3c(c2cc1/C(C)=C/N(C)C)n(-c1ccnc(C#N)c1)c(=O)n3C. The first-order chi connectivity index (χ1) is 14.8. The third kappa shape index (κ3) is 3.30. The number of aromatic nitrogens is 4. The molecular weight excluding hydrogens is 392 g/mol. The summed E-state index contributed by atoms with van der Waals surface area (Å²) in [6.07, 6.45) is 5.22. The fourth-order valence-corrected chi connectivity index (χ4v) is 3.82. The Morgan fingerprint density at radius 2 is 2.03 bits per heavy atom. The highest BCUT2D eigenvalue weighted by atomic mass is 16.5. The maximum atomic E-state index is 13.2. The van der Waals surface area contributed by atoms with Gasteiger partial charge < -0.3 is 9.64 Å². The van der Waals surface area contributed by atoms with Crippen molar-refractivity contribution in [2.75, 3.05) is 21.2 Å². The molecule has 0 unspecified atom stereocenters. The van der Waals surface area contributed by atoms with Gasteiger partial charge in [0.1, 0.15) is 17.5 Å². The number of hydrogen-bond acceptors (Lipinski definition) is 6. The van der Waals surface area contributed by atoms with Crippen LogP contribution in [-0.2, 0) is 7.05 Å². The smallest absolute Gasteiger partial charge is 0.333 e. The molecule has 0 atom stereocenters. The highest BCUT2D eigenvalue weighted by molar-refractivity contribution is 6.05. The van der Waals surface area contributed by atoms with E-state index in [1.165, 1.54) is 6.20 Å². The van der Waals surface area contributed by atoms with Gasteiger partial charge in [0.25, 0.3) is 0 Å². The Kier molecular flexibility index (Phi) is 4.95. The van der Waals surface area contributed by atoms with Crippen LogP contribution in [0.25, 0.3) is 33.2 Å². The van der Waals surface area contributed by atoms with Gasteiger partial charge in [-0.3, -0.25) is 14.1 Å². The van der Waals surface area contributed by atoms with Gasteiger partial charge in [-0.05, 0) is 30.7 Å². The minimum Gasteiger partial charge on any atom is -0.496 e. The minimum atomic E-state index is -0.225. The van der Waals surface area contributed by atoms with Crippen LogP contribution in [0.1, 0.15) is 18.2 Å². The van der Waals surface area contributed by atoms with Crippen LogP contribution in [0.4, 0.5) is 0 Å². The molecule has 0 amide bonds. The summed E-state index contributed by atoms with van der Waals surface area (Å²) in [7, 11) is 7.26. The second-order valence-corrected chi connectivity index (χ2v) is 7.53. The molecule has 0 bridgehead atoms. The number of nitriles is 1. The first-order valence-corrected chi connectivity index (χ1v) is 9.65. The maximum absolute atomic E-state index is 13.2. The van der Waals surface area contributed by atoms with Crippen LogP contribution >= 0.6 is 0 Å². The Labute approximate surface area is 179 Å². The first kappa shape index (κ1) is 20.2. The molecule has 4 rings (SSSR count). The molecule has 0 spiro atoms. The van der Waals surface area contributed by atoms with Gasteiger partial charge in [-0.25, -0.2) is 9.78 Å². The molecule has 0 fully saturated rings. The molecule has 0 aliphatic heterocycles. The van der Waals surface area contributed by atoms with Crippen LogP contribution in [0.3, 0.4) is 0 Å². The van der Waals surface area contributed by atoms with E-state index >= 15 is 0 Å². The molecule has 1 aromatic carbocycles. The third-order valence-electron chi connectivity index (χ3n) is 5.20. The van der Waals surface area contributed by atoms with Gasteiger partial charge in [0.05, 0.1) is 35.5 Å². The van der Waals surface area contributed by atoms with E-state index in [2.05, 4.69) is 9.97 Å². The largest absolute Gasteiger partial charge is 0.496 e. The first-order valence-electron chi connectivity index (χ1n) is 9.65. The lowest BCUT2D eigenvalue weighted by Gasteiger charge is -2.14. The molecule has 31 heavy (non-hydrogen) atoms. The second-order valence-electron chi connectivity index (χ2n) is 7.53. The molecule has 0 radical (unpaired) electrons. The third-order valence-corrected chi connectivity index (χ3v) is 5.20. The van der Waals surface area contributed by atoms with Crippen molar-refractivity contribution in [3.63, 3.8) is 0 Å². The molecule has 0 N–H and O–H groups in total. The van der Waals surface area contributed by atoms with Crippen molar-refractivity contribution in [1.82, 2.24) is 24.0 Å². The summed E-state index contributed by atoms with van der Waals surface area (Å²) in [6.45, 7) is 2.01. The zero-order valence-electron chi connectivity index (χ0n) is 18.0. The number of methoxy groups -OCH3 is 1. The quantitative estimate of drug-likeness (QED) is 0.510. The number of pyridine rings is 2. The Bertz CT molecular complexity index is 1450. The Balaban J connectivity index is 2.15. The number of hydrogen-bond donors (Lipinski definition) is 0. The number of allylic oxidation sites excluding steroid dienone is 1. The molecule has 3 heterocycles. The number of ether oxygens (including phenoxy) is 1. The van der Waals surface area contributed by atoms with E-state index in [0.717, 1.165) is 16.5 Å². The summed E-state index contributed by atoms with van der Waals surface area (Å²) in [4.78, 5) is 23.7. The lowest BCUT2D eigenvalue weighted by atomic mass is 10.0. The van der Waals surface area contributed by atoms with Gasteiger partial charge in [0.2, 0.25) is 0 Å². The van der Waals surface area contributed by atoms with Crippen molar-refractivity contribution in [2.24, 2.45) is 7.05 Å². The second kappa shape index (κ2) is 7.61. The number of rotatable bonds is 4. The molecule has 0 saturated heterocycles. The molecule has 4 aromatic rings. The number of fused-ring (bicyclic) bond motifs is 3. The maximum Gasteiger partial charge on any atom is 0.333 e. The molecule has 8 heteroatoms. The molecule has 0 aliphatic carbocycles. The van der Waals surface area contributed by atoms with E-state index in [-0.39, 0.29) is 11.4 Å². The number of imidazole rings is 1. The summed E-state index contributed by atoms with van der Waals surface area (Å²) >= 11 is 0. The van der Waals surface area contributed by atoms with E-state index in [1.54, 1.807) is 41.6 Å². The van der Waals surface area contributed by atoms with E-state index in [0.29, 0.717) is 28.0 Å². The summed E-state index contributed by atoms with van der Waals surface area (Å²) in [5.74, 6) is 0.704. The zero-order chi connectivity index (χ0) is 22.3. The lowest BCUT2D eigenvalue weighted by molar-refractivity contribution is 0.414. The number of benzene rings is 1. The summed E-state index contributed by atoms with van der Waals surface area (Å²) in [6, 6.07) is 9.24. The summed E-state index contributed by atoms with van der Waals surface area (Å²) in [5, 5.41) is 10.1. The highest BCUT2D eigenvalue weighted by Crippen LogP contribution is 2.34. The predicted molar refractivity (Wildman–Crippen MR) is 120 cm³/mol. The van der Waals surface area contributed by atoms with E-state index in [9.17, 15) is 10.1 Å². The van der Waals surface area contributed by atoms with Crippen LogP contribution in [0, 0.1) is 11.3 Å². The molecule has 0 saturated carbocycles. The van der Waals surface area contributed by atoms with E-state index in [1.807, 2.05) is 50.3 Å². The predicted octanol–water partition coefficient (Wildman–Crippen LogP) is 3.08. The van der Waals surface area contributed by atoms with E-state index in [4.69, 9.17) is 4.74 Å². The molecule has 0 aliphatic rings. The van der Waals surface area contributed by atoms with Gasteiger partial charge in [0, 0.05) is 50.6 Å². The van der Waals surface area contributed by atoms with Crippen molar-refractivity contribution in [3.8, 4) is 17.5 Å². The monoisotopic (exact) mass is 414 g/mol. The summed E-state index contributed by atoms with van der Waals surface area (Å²) in [5.41, 5.74) is 4.64. The average molecular weight is 414 g/mol. The van der Waals surface area contributed by atoms with Crippen LogP contribution in [0.2, 0.25) is 0 Å². The van der Waals surface area contributed by atoms with Crippen LogP contribution in [-0.4, -0.2) is 45.2 Å². The van der Waals surface area contributed by atoms with Crippen LogP contribution in [0.15, 0.2) is 47.7 Å². The van der Waals surface area contributed by atoms with Gasteiger partial charge in [-0.2, -0.15) is 5.26 Å². The fourth-order valence-electron chi connectivity index (χ4n) is 3.82.